The summed E-state index contributed by atoms with van der Waals surface area (Å²) in [6.07, 6.45) is 4.40. The summed E-state index contributed by atoms with van der Waals surface area (Å²) < 4.78 is 33.7. The van der Waals surface area contributed by atoms with Crippen molar-refractivity contribution in [3.8, 4) is 29.4 Å². The fraction of sp³-hybridized carbons (Fsp3) is 0.286. The van der Waals surface area contributed by atoms with Crippen molar-refractivity contribution in [2.75, 3.05) is 7.11 Å². The van der Waals surface area contributed by atoms with Gasteiger partial charge in [-0.15, -0.1) is 6.42 Å². The fourth-order valence-corrected chi connectivity index (χ4v) is 2.84. The van der Waals surface area contributed by atoms with Crippen molar-refractivity contribution in [3.63, 3.8) is 0 Å². The van der Waals surface area contributed by atoms with Gasteiger partial charge in [0.05, 0.1) is 24.5 Å². The van der Waals surface area contributed by atoms with Crippen molar-refractivity contribution in [1.29, 1.82) is 0 Å². The number of alkyl halides is 2. The van der Waals surface area contributed by atoms with Crippen LogP contribution in [0, 0.1) is 12.3 Å². The number of nitrogens with one attached hydrogen (secondary N) is 1. The number of hydrogen-bond acceptors (Lipinski definition) is 4. The summed E-state index contributed by atoms with van der Waals surface area (Å²) in [5.41, 5.74) is -0.429. The molecular formula is C21H20F2N4O2. The van der Waals surface area contributed by atoms with E-state index in [9.17, 15) is 13.6 Å². The Morgan fingerprint density at radius 1 is 1.41 bits per heavy atom. The molecule has 0 saturated heterocycles. The van der Waals surface area contributed by atoms with Crippen LogP contribution in [0.1, 0.15) is 42.7 Å². The molecule has 0 bridgehead atoms. The summed E-state index contributed by atoms with van der Waals surface area (Å²) in [6, 6.07) is 8.15. The number of fused-ring (bicyclic) bond motifs is 1. The molecule has 0 unspecified atom stereocenters. The number of carbonyl (C=O) groups excluding carboxylic acids is 1. The summed E-state index contributed by atoms with van der Waals surface area (Å²) in [5.74, 6) is 2.47. The number of hydrogen-bond donors (Lipinski definition) is 1. The predicted molar refractivity (Wildman–Crippen MR) is 105 cm³/mol. The number of rotatable bonds is 6. The van der Waals surface area contributed by atoms with Gasteiger partial charge in [-0.05, 0) is 31.5 Å². The van der Waals surface area contributed by atoms with Gasteiger partial charge in [-0.3, -0.25) is 4.79 Å². The summed E-state index contributed by atoms with van der Waals surface area (Å²) in [4.78, 5) is 17.2. The summed E-state index contributed by atoms with van der Waals surface area (Å²) in [7, 11) is 1.48. The molecule has 29 heavy (non-hydrogen) atoms. The van der Waals surface area contributed by atoms with Crippen LogP contribution in [-0.2, 0) is 0 Å². The molecule has 1 N–H and O–H groups in total. The Labute approximate surface area is 166 Å². The number of ether oxygens (including phenoxy) is 1. The number of amides is 1. The van der Waals surface area contributed by atoms with Crippen LogP contribution in [0.4, 0.5) is 8.78 Å². The minimum Gasteiger partial charge on any atom is -0.496 e. The smallest absolute Gasteiger partial charge is 0.280 e. The molecule has 1 aromatic carbocycles. The Morgan fingerprint density at radius 2 is 2.14 bits per heavy atom. The molecule has 1 amide bonds. The zero-order valence-electron chi connectivity index (χ0n) is 16.2. The predicted octanol–water partition coefficient (Wildman–Crippen LogP) is 3.87. The second-order valence-corrected chi connectivity index (χ2v) is 6.65. The van der Waals surface area contributed by atoms with Gasteiger partial charge in [0.25, 0.3) is 12.3 Å². The molecule has 0 saturated carbocycles. The second-order valence-electron chi connectivity index (χ2n) is 6.65. The first-order valence-corrected chi connectivity index (χ1v) is 8.94. The third kappa shape index (κ3) is 3.76. The quantitative estimate of drug-likeness (QED) is 0.640. The second kappa shape index (κ2) is 7.87. The molecule has 0 aliphatic heterocycles. The molecule has 3 rings (SSSR count). The number of methoxy groups -OCH3 is 1. The summed E-state index contributed by atoms with van der Waals surface area (Å²) in [6.45, 7) is 3.54. The molecule has 0 aliphatic rings. The van der Waals surface area contributed by atoms with Crippen molar-refractivity contribution in [2.24, 2.45) is 0 Å². The number of para-hydroxylation sites is 1. The average Bonchev–Trinajstić information content (AvgIpc) is 3.16. The molecule has 6 nitrogen and oxygen atoms in total. The lowest BCUT2D eigenvalue weighted by Gasteiger charge is -2.22. The third-order valence-electron chi connectivity index (χ3n) is 4.77. The van der Waals surface area contributed by atoms with E-state index in [1.807, 2.05) is 6.92 Å². The van der Waals surface area contributed by atoms with Gasteiger partial charge in [0.15, 0.2) is 5.65 Å². The highest BCUT2D eigenvalue weighted by molar-refractivity contribution is 6.00. The van der Waals surface area contributed by atoms with Gasteiger partial charge in [0.2, 0.25) is 0 Å². The van der Waals surface area contributed by atoms with E-state index in [4.69, 9.17) is 11.2 Å². The fourth-order valence-electron chi connectivity index (χ4n) is 2.84. The zero-order chi connectivity index (χ0) is 21.2. The summed E-state index contributed by atoms with van der Waals surface area (Å²) in [5, 5.41) is 6.69. The van der Waals surface area contributed by atoms with Gasteiger partial charge in [-0.25, -0.2) is 18.3 Å². The van der Waals surface area contributed by atoms with E-state index in [1.54, 1.807) is 31.2 Å². The highest BCUT2D eigenvalue weighted by Crippen LogP contribution is 2.32. The van der Waals surface area contributed by atoms with E-state index in [0.29, 0.717) is 17.7 Å². The van der Waals surface area contributed by atoms with Gasteiger partial charge < -0.3 is 10.1 Å². The first-order valence-electron chi connectivity index (χ1n) is 8.94. The van der Waals surface area contributed by atoms with Crippen LogP contribution in [0.25, 0.3) is 16.9 Å². The van der Waals surface area contributed by atoms with Gasteiger partial charge in [0.1, 0.15) is 17.0 Å². The lowest BCUT2D eigenvalue weighted by atomic mass is 10.00. The molecule has 0 spiro atoms. The molecular weight excluding hydrogens is 378 g/mol. The Bertz CT molecular complexity index is 1100. The van der Waals surface area contributed by atoms with E-state index in [2.05, 4.69) is 21.3 Å². The lowest BCUT2D eigenvalue weighted by Crippen LogP contribution is -2.44. The number of aromatic nitrogens is 3. The maximum Gasteiger partial charge on any atom is 0.280 e. The monoisotopic (exact) mass is 398 g/mol. The van der Waals surface area contributed by atoms with Crippen molar-refractivity contribution in [2.45, 2.75) is 32.2 Å². The van der Waals surface area contributed by atoms with E-state index < -0.39 is 17.9 Å². The zero-order valence-corrected chi connectivity index (χ0v) is 16.2. The largest absolute Gasteiger partial charge is 0.496 e. The average molecular weight is 398 g/mol. The van der Waals surface area contributed by atoms with Crippen molar-refractivity contribution < 1.29 is 18.3 Å². The molecule has 0 aliphatic carbocycles. The van der Waals surface area contributed by atoms with Crippen LogP contribution in [0.3, 0.4) is 0 Å². The number of nitrogens with zero attached hydrogens (tertiary/aromatic N) is 3. The molecule has 1 atom stereocenters. The number of carbonyl (C=O) groups is 1. The first-order chi connectivity index (χ1) is 13.8. The molecule has 0 radical (unpaired) electrons. The van der Waals surface area contributed by atoms with Gasteiger partial charge in [-0.1, -0.05) is 25.0 Å². The third-order valence-corrected chi connectivity index (χ3v) is 4.77. The van der Waals surface area contributed by atoms with Crippen molar-refractivity contribution in [1.82, 2.24) is 19.9 Å². The van der Waals surface area contributed by atoms with E-state index in [1.165, 1.54) is 19.4 Å². The highest BCUT2D eigenvalue weighted by Gasteiger charge is 2.26. The number of benzene rings is 1. The van der Waals surface area contributed by atoms with Gasteiger partial charge in [0, 0.05) is 5.56 Å². The number of terminal acetylenes is 1. The molecule has 150 valence electrons. The van der Waals surface area contributed by atoms with E-state index in [0.717, 1.165) is 4.52 Å². The normalized spacial score (nSPS) is 13.1. The minimum atomic E-state index is -2.82. The molecule has 8 heteroatoms. The summed E-state index contributed by atoms with van der Waals surface area (Å²) >= 11 is 0. The van der Waals surface area contributed by atoms with E-state index >= 15 is 0 Å². The maximum absolute atomic E-state index is 13.7. The van der Waals surface area contributed by atoms with Crippen molar-refractivity contribution >= 4 is 11.6 Å². The Hall–Kier alpha value is -3.47. The Kier molecular flexibility index (Phi) is 5.50. The SMILES string of the molecule is C#C[C@@](C)(CC)NC(=O)c1cnn2c(C(F)F)cc(-c3ccccc3OC)nc12. The van der Waals surface area contributed by atoms with Crippen molar-refractivity contribution in [3.05, 3.63) is 47.8 Å². The molecule has 2 heterocycles. The lowest BCUT2D eigenvalue weighted by molar-refractivity contribution is 0.0925. The first kappa shape index (κ1) is 20.3. The number of halogens is 2. The van der Waals surface area contributed by atoms with Crippen LogP contribution in [-0.4, -0.2) is 33.2 Å². The minimum absolute atomic E-state index is 0.0108. The topological polar surface area (TPSA) is 68.5 Å². The van der Waals surface area contributed by atoms with E-state index in [-0.39, 0.29) is 22.6 Å². The van der Waals surface area contributed by atoms with Crippen LogP contribution >= 0.6 is 0 Å². The van der Waals surface area contributed by atoms with Crippen LogP contribution in [0.15, 0.2) is 36.5 Å². The standard InChI is InChI=1S/C21H20F2N4O2/c1-5-21(3,6-2)26-20(28)14-12-24-27-16(18(22)23)11-15(25-19(14)27)13-9-7-8-10-17(13)29-4/h1,7-12,18H,6H2,2-4H3,(H,26,28)/t21-/m0/s1. The highest BCUT2D eigenvalue weighted by atomic mass is 19.3. The Morgan fingerprint density at radius 3 is 2.76 bits per heavy atom. The van der Waals surface area contributed by atoms with Crippen LogP contribution in [0.5, 0.6) is 5.75 Å². The molecule has 0 fully saturated rings. The Balaban J connectivity index is 2.19. The molecule has 3 aromatic rings. The van der Waals surface area contributed by atoms with Crippen LogP contribution < -0.4 is 10.1 Å². The van der Waals surface area contributed by atoms with Gasteiger partial charge in [-0.2, -0.15) is 5.10 Å². The molecule has 2 aromatic heterocycles. The van der Waals surface area contributed by atoms with Gasteiger partial charge >= 0.3 is 0 Å². The van der Waals surface area contributed by atoms with Crippen LogP contribution in [0.2, 0.25) is 0 Å². The maximum atomic E-state index is 13.7.